The van der Waals surface area contributed by atoms with Crippen LogP contribution in [-0.4, -0.2) is 58.4 Å². The van der Waals surface area contributed by atoms with Crippen molar-refractivity contribution in [3.05, 3.63) is 36.0 Å². The highest BCUT2D eigenvalue weighted by molar-refractivity contribution is 5.97. The standard InChI is InChI=1S/C21H27N7O2/c1-13-12-27(9-10-28(13)14(2)29)17-7-5-16(6-8-17)25-21-23-11-18(19(22)30)20(26-21)24-15-3-4-15/h5-8,11,13,15H,3-4,9-10,12H2,1-2H3,(H2,22,30)(H2,23,24,25,26). The lowest BCUT2D eigenvalue weighted by atomic mass is 10.1. The Morgan fingerprint density at radius 1 is 1.17 bits per heavy atom. The Morgan fingerprint density at radius 2 is 1.90 bits per heavy atom. The van der Waals surface area contributed by atoms with Gasteiger partial charge in [0, 0.05) is 56.2 Å². The predicted molar refractivity (Wildman–Crippen MR) is 116 cm³/mol. The van der Waals surface area contributed by atoms with Gasteiger partial charge < -0.3 is 26.2 Å². The van der Waals surface area contributed by atoms with Crippen molar-refractivity contribution in [2.75, 3.05) is 35.2 Å². The number of benzene rings is 1. The predicted octanol–water partition coefficient (Wildman–Crippen LogP) is 1.95. The number of amides is 2. The number of anilines is 4. The van der Waals surface area contributed by atoms with Gasteiger partial charge in [0.15, 0.2) is 0 Å². The second-order valence-electron chi connectivity index (χ2n) is 7.92. The number of hydrogen-bond donors (Lipinski definition) is 3. The molecular weight excluding hydrogens is 382 g/mol. The van der Waals surface area contributed by atoms with E-state index in [1.807, 2.05) is 29.2 Å². The lowest BCUT2D eigenvalue weighted by Gasteiger charge is -2.40. The van der Waals surface area contributed by atoms with E-state index in [2.05, 4.69) is 32.4 Å². The fourth-order valence-electron chi connectivity index (χ4n) is 3.70. The average molecular weight is 409 g/mol. The molecule has 1 aliphatic carbocycles. The Bertz CT molecular complexity index is 943. The van der Waals surface area contributed by atoms with Crippen LogP contribution in [0.2, 0.25) is 0 Å². The summed E-state index contributed by atoms with van der Waals surface area (Å²) >= 11 is 0. The summed E-state index contributed by atoms with van der Waals surface area (Å²) in [4.78, 5) is 36.1. The van der Waals surface area contributed by atoms with Gasteiger partial charge in [-0.25, -0.2) is 4.98 Å². The first kappa shape index (κ1) is 19.9. The normalized spacial score (nSPS) is 18.8. The summed E-state index contributed by atoms with van der Waals surface area (Å²) < 4.78 is 0. The van der Waals surface area contributed by atoms with Crippen molar-refractivity contribution in [3.8, 4) is 0 Å². The molecule has 4 rings (SSSR count). The van der Waals surface area contributed by atoms with Crippen molar-refractivity contribution < 1.29 is 9.59 Å². The number of nitrogens with one attached hydrogen (secondary N) is 2. The number of aromatic nitrogens is 2. The van der Waals surface area contributed by atoms with Crippen LogP contribution in [-0.2, 0) is 4.79 Å². The van der Waals surface area contributed by atoms with Gasteiger partial charge in [0.05, 0.1) is 5.56 Å². The molecule has 2 aliphatic rings. The number of nitrogens with zero attached hydrogens (tertiary/aromatic N) is 4. The minimum atomic E-state index is -0.548. The van der Waals surface area contributed by atoms with Crippen molar-refractivity contribution in [2.45, 2.75) is 38.8 Å². The van der Waals surface area contributed by atoms with E-state index in [-0.39, 0.29) is 11.9 Å². The van der Waals surface area contributed by atoms with Crippen molar-refractivity contribution >= 4 is 35.0 Å². The zero-order valence-corrected chi connectivity index (χ0v) is 17.3. The van der Waals surface area contributed by atoms with Gasteiger partial charge in [-0.3, -0.25) is 9.59 Å². The lowest BCUT2D eigenvalue weighted by Crippen LogP contribution is -2.53. The summed E-state index contributed by atoms with van der Waals surface area (Å²) in [7, 11) is 0. The second kappa shape index (κ2) is 8.17. The maximum Gasteiger partial charge on any atom is 0.254 e. The van der Waals surface area contributed by atoms with Crippen LogP contribution >= 0.6 is 0 Å². The van der Waals surface area contributed by atoms with Gasteiger partial charge in [0.2, 0.25) is 11.9 Å². The first-order valence-corrected chi connectivity index (χ1v) is 10.2. The Labute approximate surface area is 175 Å². The Morgan fingerprint density at radius 3 is 2.50 bits per heavy atom. The zero-order valence-electron chi connectivity index (χ0n) is 17.3. The number of rotatable bonds is 6. The molecule has 0 radical (unpaired) electrons. The molecule has 0 bridgehead atoms. The number of piperazine rings is 1. The third kappa shape index (κ3) is 4.45. The molecule has 1 saturated carbocycles. The van der Waals surface area contributed by atoms with Crippen LogP contribution in [0.4, 0.5) is 23.1 Å². The van der Waals surface area contributed by atoms with Crippen LogP contribution in [0.25, 0.3) is 0 Å². The number of hydrogen-bond acceptors (Lipinski definition) is 7. The molecule has 9 heteroatoms. The molecule has 1 saturated heterocycles. The molecule has 2 heterocycles. The fraction of sp³-hybridized carbons (Fsp3) is 0.429. The van der Waals surface area contributed by atoms with E-state index in [1.165, 1.54) is 6.20 Å². The monoisotopic (exact) mass is 409 g/mol. The van der Waals surface area contributed by atoms with Crippen molar-refractivity contribution in [1.29, 1.82) is 0 Å². The van der Waals surface area contributed by atoms with E-state index in [4.69, 9.17) is 5.73 Å². The third-order valence-corrected chi connectivity index (χ3v) is 5.49. The Kier molecular flexibility index (Phi) is 5.43. The molecular formula is C21H27N7O2. The van der Waals surface area contributed by atoms with Crippen LogP contribution in [0.5, 0.6) is 0 Å². The molecule has 2 amide bonds. The third-order valence-electron chi connectivity index (χ3n) is 5.49. The Balaban J connectivity index is 1.43. The minimum Gasteiger partial charge on any atom is -0.368 e. The van der Waals surface area contributed by atoms with Crippen LogP contribution in [0.1, 0.15) is 37.0 Å². The highest BCUT2D eigenvalue weighted by Crippen LogP contribution is 2.27. The summed E-state index contributed by atoms with van der Waals surface area (Å²) in [6, 6.07) is 8.55. The van der Waals surface area contributed by atoms with Gasteiger partial charge in [0.1, 0.15) is 5.82 Å². The maximum absolute atomic E-state index is 11.7. The Hall–Kier alpha value is -3.36. The molecule has 0 spiro atoms. The molecule has 1 aromatic carbocycles. The fourth-order valence-corrected chi connectivity index (χ4v) is 3.70. The van der Waals surface area contributed by atoms with E-state index >= 15 is 0 Å². The highest BCUT2D eigenvalue weighted by atomic mass is 16.2. The van der Waals surface area contributed by atoms with Gasteiger partial charge in [-0.2, -0.15) is 4.98 Å². The number of primary amides is 1. The summed E-state index contributed by atoms with van der Waals surface area (Å²) in [6.07, 6.45) is 3.57. The van der Waals surface area contributed by atoms with Crippen LogP contribution in [0, 0.1) is 0 Å². The summed E-state index contributed by atoms with van der Waals surface area (Å²) in [5.74, 6) is 0.448. The van der Waals surface area contributed by atoms with E-state index in [0.717, 1.165) is 43.9 Å². The van der Waals surface area contributed by atoms with Crippen molar-refractivity contribution in [1.82, 2.24) is 14.9 Å². The molecule has 30 heavy (non-hydrogen) atoms. The molecule has 1 aliphatic heterocycles. The summed E-state index contributed by atoms with van der Waals surface area (Å²) in [5.41, 5.74) is 7.68. The van der Waals surface area contributed by atoms with E-state index in [1.54, 1.807) is 6.92 Å². The molecule has 9 nitrogen and oxygen atoms in total. The smallest absolute Gasteiger partial charge is 0.254 e. The van der Waals surface area contributed by atoms with Crippen LogP contribution < -0.4 is 21.3 Å². The molecule has 1 unspecified atom stereocenters. The van der Waals surface area contributed by atoms with Gasteiger partial charge in [-0.05, 0) is 44.0 Å². The van der Waals surface area contributed by atoms with E-state index in [9.17, 15) is 9.59 Å². The SMILES string of the molecule is CC(=O)N1CCN(c2ccc(Nc3ncc(C(N)=O)c(NC4CC4)n3)cc2)CC1C. The van der Waals surface area contributed by atoms with Gasteiger partial charge in [-0.1, -0.05) is 0 Å². The van der Waals surface area contributed by atoms with E-state index < -0.39 is 5.91 Å². The summed E-state index contributed by atoms with van der Waals surface area (Å²) in [5, 5.41) is 6.41. The van der Waals surface area contributed by atoms with Gasteiger partial charge in [0.25, 0.3) is 5.91 Å². The van der Waals surface area contributed by atoms with Crippen LogP contribution in [0.15, 0.2) is 30.5 Å². The zero-order chi connectivity index (χ0) is 21.3. The molecule has 4 N–H and O–H groups in total. The van der Waals surface area contributed by atoms with Crippen molar-refractivity contribution in [3.63, 3.8) is 0 Å². The summed E-state index contributed by atoms with van der Waals surface area (Å²) in [6.45, 7) is 6.04. The molecule has 2 aromatic rings. The first-order valence-electron chi connectivity index (χ1n) is 10.2. The average Bonchev–Trinajstić information content (AvgIpc) is 3.52. The molecule has 1 atom stereocenters. The molecule has 1 aromatic heterocycles. The highest BCUT2D eigenvalue weighted by Gasteiger charge is 2.26. The number of nitrogens with two attached hydrogens (primary N) is 1. The lowest BCUT2D eigenvalue weighted by molar-refractivity contribution is -0.131. The van der Waals surface area contributed by atoms with Gasteiger partial charge in [-0.15, -0.1) is 0 Å². The number of carbonyl (C=O) groups excluding carboxylic acids is 2. The van der Waals surface area contributed by atoms with Gasteiger partial charge >= 0.3 is 0 Å². The minimum absolute atomic E-state index is 0.125. The maximum atomic E-state index is 11.7. The second-order valence-corrected chi connectivity index (χ2v) is 7.92. The topological polar surface area (TPSA) is 116 Å². The molecule has 158 valence electrons. The molecule has 2 fully saturated rings. The quantitative estimate of drug-likeness (QED) is 0.668. The first-order chi connectivity index (χ1) is 14.4. The number of carbonyl (C=O) groups is 2. The van der Waals surface area contributed by atoms with Crippen LogP contribution in [0.3, 0.4) is 0 Å². The van der Waals surface area contributed by atoms with E-state index in [0.29, 0.717) is 23.4 Å². The largest absolute Gasteiger partial charge is 0.368 e. The van der Waals surface area contributed by atoms with Crippen molar-refractivity contribution in [2.24, 2.45) is 5.73 Å².